The molecule has 0 bridgehead atoms. The number of amidine groups is 1. The highest BCUT2D eigenvalue weighted by molar-refractivity contribution is 5.80. The van der Waals surface area contributed by atoms with Crippen LogP contribution >= 0.6 is 0 Å². The lowest BCUT2D eigenvalue weighted by Gasteiger charge is -2.16. The molecule has 0 aliphatic carbocycles. The maximum atomic E-state index is 10.6. The van der Waals surface area contributed by atoms with Gasteiger partial charge >= 0.3 is 6.03 Å². The van der Waals surface area contributed by atoms with E-state index in [0.29, 0.717) is 19.5 Å². The third-order valence-electron chi connectivity index (χ3n) is 1.46. The Morgan fingerprint density at radius 2 is 2.17 bits per heavy atom. The summed E-state index contributed by atoms with van der Waals surface area (Å²) >= 11 is 0. The molecule has 0 rings (SSSR count). The second-order valence-electron chi connectivity index (χ2n) is 2.26. The Morgan fingerprint density at radius 3 is 2.50 bits per heavy atom. The lowest BCUT2D eigenvalue weighted by Crippen LogP contribution is -2.37. The van der Waals surface area contributed by atoms with Crippen molar-refractivity contribution in [2.45, 2.75) is 13.3 Å². The fourth-order valence-electron chi connectivity index (χ4n) is 0.724. The second-order valence-corrected chi connectivity index (χ2v) is 2.26. The van der Waals surface area contributed by atoms with Gasteiger partial charge in [-0.15, -0.1) is 0 Å². The Labute approximate surface area is 70.8 Å². The zero-order valence-electron chi connectivity index (χ0n) is 7.03. The van der Waals surface area contributed by atoms with Gasteiger partial charge in [-0.2, -0.15) is 0 Å². The SMILES string of the molecule is CCN(CCC(N)=NO)C(N)=O. The molecule has 6 nitrogen and oxygen atoms in total. The van der Waals surface area contributed by atoms with Crippen molar-refractivity contribution < 1.29 is 10.0 Å². The Morgan fingerprint density at radius 1 is 1.58 bits per heavy atom. The monoisotopic (exact) mass is 174 g/mol. The molecule has 70 valence electrons. The van der Waals surface area contributed by atoms with Gasteiger partial charge in [0.1, 0.15) is 5.84 Å². The van der Waals surface area contributed by atoms with Crippen molar-refractivity contribution >= 4 is 11.9 Å². The van der Waals surface area contributed by atoms with Gasteiger partial charge < -0.3 is 21.6 Å². The van der Waals surface area contributed by atoms with Gasteiger partial charge in [0.2, 0.25) is 0 Å². The molecule has 0 aromatic rings. The molecule has 0 aromatic carbocycles. The van der Waals surface area contributed by atoms with Crippen LogP contribution in [0.25, 0.3) is 0 Å². The van der Waals surface area contributed by atoms with Gasteiger partial charge in [-0.1, -0.05) is 5.16 Å². The van der Waals surface area contributed by atoms with Gasteiger partial charge in [0, 0.05) is 19.5 Å². The summed E-state index contributed by atoms with van der Waals surface area (Å²) in [5.74, 6) is 0.0923. The molecule has 0 aliphatic rings. The number of rotatable bonds is 4. The van der Waals surface area contributed by atoms with Crippen LogP contribution in [0.2, 0.25) is 0 Å². The Kier molecular flexibility index (Phi) is 4.59. The van der Waals surface area contributed by atoms with Crippen molar-refractivity contribution in [1.29, 1.82) is 0 Å². The average Bonchev–Trinajstić information content (AvgIpc) is 2.04. The first-order valence-electron chi connectivity index (χ1n) is 3.62. The minimum absolute atomic E-state index is 0.0923. The molecule has 0 radical (unpaired) electrons. The molecule has 0 heterocycles. The van der Waals surface area contributed by atoms with Crippen LogP contribution in [0.5, 0.6) is 0 Å². The van der Waals surface area contributed by atoms with E-state index in [2.05, 4.69) is 5.16 Å². The first-order valence-corrected chi connectivity index (χ1v) is 3.62. The molecule has 0 saturated heterocycles. The van der Waals surface area contributed by atoms with Crippen molar-refractivity contribution in [3.63, 3.8) is 0 Å². The van der Waals surface area contributed by atoms with E-state index in [0.717, 1.165) is 0 Å². The van der Waals surface area contributed by atoms with Gasteiger partial charge in [-0.25, -0.2) is 4.79 Å². The van der Waals surface area contributed by atoms with Crippen LogP contribution in [0.3, 0.4) is 0 Å². The summed E-state index contributed by atoms with van der Waals surface area (Å²) in [6, 6.07) is -0.497. The molecule has 0 spiro atoms. The molecule has 6 heteroatoms. The summed E-state index contributed by atoms with van der Waals surface area (Å²) in [5, 5.41) is 11.0. The van der Waals surface area contributed by atoms with E-state index < -0.39 is 6.03 Å². The lowest BCUT2D eigenvalue weighted by molar-refractivity contribution is 0.211. The van der Waals surface area contributed by atoms with Crippen molar-refractivity contribution in [2.75, 3.05) is 13.1 Å². The number of nitrogens with zero attached hydrogens (tertiary/aromatic N) is 2. The maximum absolute atomic E-state index is 10.6. The van der Waals surface area contributed by atoms with E-state index in [-0.39, 0.29) is 5.84 Å². The molecule has 0 fully saturated rings. The fourth-order valence-corrected chi connectivity index (χ4v) is 0.724. The smallest absolute Gasteiger partial charge is 0.314 e. The van der Waals surface area contributed by atoms with Crippen LogP contribution in [-0.4, -0.2) is 35.1 Å². The third kappa shape index (κ3) is 3.65. The minimum Gasteiger partial charge on any atom is -0.409 e. The van der Waals surface area contributed by atoms with Gasteiger partial charge in [0.25, 0.3) is 0 Å². The first-order chi connectivity index (χ1) is 5.61. The van der Waals surface area contributed by atoms with Crippen molar-refractivity contribution in [3.05, 3.63) is 0 Å². The topological polar surface area (TPSA) is 105 Å². The quantitative estimate of drug-likeness (QED) is 0.232. The number of nitrogens with two attached hydrogens (primary N) is 2. The number of carbonyl (C=O) groups is 1. The van der Waals surface area contributed by atoms with Crippen LogP contribution in [-0.2, 0) is 0 Å². The molecule has 0 unspecified atom stereocenters. The number of hydrogen-bond donors (Lipinski definition) is 3. The van der Waals surface area contributed by atoms with Crippen LogP contribution in [0.1, 0.15) is 13.3 Å². The number of hydrogen-bond acceptors (Lipinski definition) is 3. The van der Waals surface area contributed by atoms with E-state index in [1.165, 1.54) is 4.90 Å². The highest BCUT2D eigenvalue weighted by Gasteiger charge is 2.06. The summed E-state index contributed by atoms with van der Waals surface area (Å²) in [6.45, 7) is 2.70. The van der Waals surface area contributed by atoms with Crippen LogP contribution in [0.4, 0.5) is 4.79 Å². The Bertz CT molecular complexity index is 180. The number of oxime groups is 1. The predicted molar refractivity (Wildman–Crippen MR) is 44.9 cm³/mol. The van der Waals surface area contributed by atoms with E-state index in [9.17, 15) is 4.79 Å². The highest BCUT2D eigenvalue weighted by Crippen LogP contribution is 1.90. The van der Waals surface area contributed by atoms with E-state index in [4.69, 9.17) is 16.7 Å². The molecular formula is C6H14N4O2. The number of carbonyl (C=O) groups excluding carboxylic acids is 1. The zero-order valence-corrected chi connectivity index (χ0v) is 7.03. The van der Waals surface area contributed by atoms with E-state index in [1.54, 1.807) is 6.92 Å². The second kappa shape index (κ2) is 5.22. The summed E-state index contributed by atoms with van der Waals surface area (Å²) in [5.41, 5.74) is 10.2. The Balaban J connectivity index is 3.81. The molecule has 0 aromatic heterocycles. The lowest BCUT2D eigenvalue weighted by atomic mass is 10.3. The predicted octanol–water partition coefficient (Wildman–Crippen LogP) is -0.476. The van der Waals surface area contributed by atoms with Crippen molar-refractivity contribution in [3.8, 4) is 0 Å². The molecule has 0 saturated carbocycles. The molecule has 0 atom stereocenters. The number of urea groups is 1. The third-order valence-corrected chi connectivity index (χ3v) is 1.46. The molecule has 0 aliphatic heterocycles. The standard InChI is InChI=1S/C6H14N4O2/c1-2-10(6(8)11)4-3-5(7)9-12/h12H,2-4H2,1H3,(H2,7,9)(H2,8,11). The van der Waals surface area contributed by atoms with E-state index >= 15 is 0 Å². The zero-order chi connectivity index (χ0) is 9.56. The fraction of sp³-hybridized carbons (Fsp3) is 0.667. The van der Waals surface area contributed by atoms with Crippen molar-refractivity contribution in [2.24, 2.45) is 16.6 Å². The molecule has 5 N–H and O–H groups in total. The van der Waals surface area contributed by atoms with Gasteiger partial charge in [0.05, 0.1) is 0 Å². The molecule has 2 amide bonds. The van der Waals surface area contributed by atoms with Crippen LogP contribution in [0.15, 0.2) is 5.16 Å². The highest BCUT2D eigenvalue weighted by atomic mass is 16.4. The summed E-state index contributed by atoms with van der Waals surface area (Å²) in [6.07, 6.45) is 0.327. The van der Waals surface area contributed by atoms with Gasteiger partial charge in [-0.05, 0) is 6.92 Å². The summed E-state index contributed by atoms with van der Waals surface area (Å²) in [7, 11) is 0. The van der Waals surface area contributed by atoms with Crippen LogP contribution < -0.4 is 11.5 Å². The normalized spacial score (nSPS) is 11.2. The largest absolute Gasteiger partial charge is 0.409 e. The maximum Gasteiger partial charge on any atom is 0.314 e. The Hall–Kier alpha value is -1.46. The van der Waals surface area contributed by atoms with E-state index in [1.807, 2.05) is 0 Å². The van der Waals surface area contributed by atoms with Crippen molar-refractivity contribution in [1.82, 2.24) is 4.90 Å². The molecular weight excluding hydrogens is 160 g/mol. The number of amides is 2. The van der Waals surface area contributed by atoms with Crippen LogP contribution in [0, 0.1) is 0 Å². The summed E-state index contributed by atoms with van der Waals surface area (Å²) < 4.78 is 0. The summed E-state index contributed by atoms with van der Waals surface area (Å²) in [4.78, 5) is 12.0. The van der Waals surface area contributed by atoms with Gasteiger partial charge in [0.15, 0.2) is 0 Å². The number of primary amides is 1. The molecule has 12 heavy (non-hydrogen) atoms. The van der Waals surface area contributed by atoms with Gasteiger partial charge in [-0.3, -0.25) is 0 Å². The first kappa shape index (κ1) is 10.5. The average molecular weight is 174 g/mol. The minimum atomic E-state index is -0.497.